The lowest BCUT2D eigenvalue weighted by atomic mass is 10.1. The van der Waals surface area contributed by atoms with Crippen LogP contribution in [0.3, 0.4) is 0 Å². The maximum Gasteiger partial charge on any atom is 0.123 e. The number of ether oxygens (including phenoxy) is 1. The molecule has 0 amide bonds. The predicted octanol–water partition coefficient (Wildman–Crippen LogP) is 2.33. The van der Waals surface area contributed by atoms with E-state index in [1.807, 2.05) is 24.3 Å². The van der Waals surface area contributed by atoms with Crippen LogP contribution in [0.25, 0.3) is 0 Å². The van der Waals surface area contributed by atoms with Crippen LogP contribution in [0, 0.1) is 0 Å². The first kappa shape index (κ1) is 14.5. The van der Waals surface area contributed by atoms with Gasteiger partial charge in [0.2, 0.25) is 0 Å². The number of nitrogens with two attached hydrogens (primary N) is 1. The smallest absolute Gasteiger partial charge is 0.123 e. The van der Waals surface area contributed by atoms with Crippen LogP contribution in [0.1, 0.15) is 11.1 Å². The van der Waals surface area contributed by atoms with E-state index in [9.17, 15) is 0 Å². The van der Waals surface area contributed by atoms with Gasteiger partial charge in [0.15, 0.2) is 0 Å². The van der Waals surface area contributed by atoms with Crippen molar-refractivity contribution in [2.75, 3.05) is 20.2 Å². The van der Waals surface area contributed by atoms with Gasteiger partial charge in [-0.2, -0.15) is 0 Å². The van der Waals surface area contributed by atoms with Crippen LogP contribution < -0.4 is 10.5 Å². The summed E-state index contributed by atoms with van der Waals surface area (Å²) >= 11 is 0. The Morgan fingerprint density at radius 3 is 2.44 bits per heavy atom. The Morgan fingerprint density at radius 1 is 1.28 bits per heavy atom. The fourth-order valence-electron chi connectivity index (χ4n) is 1.88. The van der Waals surface area contributed by atoms with Crippen molar-refractivity contribution in [2.45, 2.75) is 13.1 Å². The lowest BCUT2D eigenvalue weighted by Crippen LogP contribution is -2.23. The summed E-state index contributed by atoms with van der Waals surface area (Å²) in [6.07, 6.45) is 3.80. The van der Waals surface area contributed by atoms with Crippen LogP contribution >= 0.6 is 0 Å². The molecule has 0 aliphatic heterocycles. The van der Waals surface area contributed by atoms with Gasteiger partial charge in [0, 0.05) is 31.7 Å². The summed E-state index contributed by atoms with van der Waals surface area (Å²) < 4.78 is 5.34. The summed E-state index contributed by atoms with van der Waals surface area (Å²) in [5.74, 6) is 0.854. The Hall–Kier alpha value is -1.58. The molecule has 1 aromatic rings. The second kappa shape index (κ2) is 7.69. The molecule has 3 nitrogen and oxygen atoms in total. The molecule has 1 rings (SSSR count). The van der Waals surface area contributed by atoms with E-state index >= 15 is 0 Å². The van der Waals surface area contributed by atoms with Gasteiger partial charge in [-0.3, -0.25) is 4.90 Å². The molecule has 0 unspecified atom stereocenters. The molecule has 0 bridgehead atoms. The Bertz CT molecular complexity index is 391. The maximum absolute atomic E-state index is 5.66. The summed E-state index contributed by atoms with van der Waals surface area (Å²) in [4.78, 5) is 2.25. The van der Waals surface area contributed by atoms with Gasteiger partial charge >= 0.3 is 0 Å². The molecule has 1 aromatic carbocycles. The highest BCUT2D eigenvalue weighted by Gasteiger charge is 2.06. The number of rotatable bonds is 8. The largest absolute Gasteiger partial charge is 0.496 e. The average Bonchev–Trinajstić information content (AvgIpc) is 2.39. The Balaban J connectivity index is 2.82. The highest BCUT2D eigenvalue weighted by molar-refractivity contribution is 5.37. The molecule has 0 aliphatic rings. The van der Waals surface area contributed by atoms with E-state index in [0.29, 0.717) is 6.54 Å². The number of hydrogen-bond donors (Lipinski definition) is 1. The number of nitrogens with zero attached hydrogens (tertiary/aromatic N) is 1. The van der Waals surface area contributed by atoms with Crippen molar-refractivity contribution < 1.29 is 4.74 Å². The van der Waals surface area contributed by atoms with E-state index in [1.54, 1.807) is 7.11 Å². The molecular weight excluding hydrogens is 224 g/mol. The SMILES string of the molecule is C=CCN(CC=C)Cc1ccc(CN)c(OC)c1. The molecular formula is C15H22N2O. The van der Waals surface area contributed by atoms with E-state index < -0.39 is 0 Å². The Kier molecular flexibility index (Phi) is 6.19. The van der Waals surface area contributed by atoms with Gasteiger partial charge in [-0.15, -0.1) is 13.2 Å². The minimum absolute atomic E-state index is 0.493. The molecule has 0 atom stereocenters. The first-order chi connectivity index (χ1) is 8.74. The standard InChI is InChI=1S/C15H22N2O/c1-4-8-17(9-5-2)12-13-6-7-14(11-16)15(10-13)18-3/h4-7,10H,1-2,8-9,11-12,16H2,3H3. The van der Waals surface area contributed by atoms with Crippen molar-refractivity contribution in [3.8, 4) is 5.75 Å². The molecule has 0 spiro atoms. The van der Waals surface area contributed by atoms with E-state index in [-0.39, 0.29) is 0 Å². The summed E-state index contributed by atoms with van der Waals surface area (Å²) in [5, 5.41) is 0. The number of methoxy groups -OCH3 is 1. The molecule has 0 fully saturated rings. The van der Waals surface area contributed by atoms with E-state index in [4.69, 9.17) is 10.5 Å². The number of hydrogen-bond acceptors (Lipinski definition) is 3. The molecule has 3 heteroatoms. The minimum Gasteiger partial charge on any atom is -0.496 e. The highest BCUT2D eigenvalue weighted by Crippen LogP contribution is 2.20. The second-order valence-corrected chi connectivity index (χ2v) is 4.12. The summed E-state index contributed by atoms with van der Waals surface area (Å²) in [6, 6.07) is 6.15. The fraction of sp³-hybridized carbons (Fsp3) is 0.333. The molecule has 18 heavy (non-hydrogen) atoms. The normalized spacial score (nSPS) is 10.4. The third kappa shape index (κ3) is 4.02. The maximum atomic E-state index is 5.66. The van der Waals surface area contributed by atoms with Gasteiger partial charge in [-0.25, -0.2) is 0 Å². The van der Waals surface area contributed by atoms with Gasteiger partial charge in [0.05, 0.1) is 7.11 Å². The van der Waals surface area contributed by atoms with Gasteiger partial charge < -0.3 is 10.5 Å². The summed E-state index contributed by atoms with van der Waals surface area (Å²) in [7, 11) is 1.67. The molecule has 0 aromatic heterocycles. The lowest BCUT2D eigenvalue weighted by Gasteiger charge is -2.19. The van der Waals surface area contributed by atoms with Crippen LogP contribution in [0.15, 0.2) is 43.5 Å². The third-order valence-corrected chi connectivity index (χ3v) is 2.75. The topological polar surface area (TPSA) is 38.5 Å². The second-order valence-electron chi connectivity index (χ2n) is 4.12. The predicted molar refractivity (Wildman–Crippen MR) is 76.6 cm³/mol. The highest BCUT2D eigenvalue weighted by atomic mass is 16.5. The zero-order valence-corrected chi connectivity index (χ0v) is 11.1. The zero-order valence-electron chi connectivity index (χ0n) is 11.1. The molecule has 2 N–H and O–H groups in total. The Morgan fingerprint density at radius 2 is 1.94 bits per heavy atom. The third-order valence-electron chi connectivity index (χ3n) is 2.75. The van der Waals surface area contributed by atoms with Crippen LogP contribution in [-0.4, -0.2) is 25.1 Å². The van der Waals surface area contributed by atoms with Gasteiger partial charge in [0.1, 0.15) is 5.75 Å². The minimum atomic E-state index is 0.493. The summed E-state index contributed by atoms with van der Waals surface area (Å²) in [6.45, 7) is 10.6. The van der Waals surface area contributed by atoms with Crippen molar-refractivity contribution in [1.82, 2.24) is 4.90 Å². The summed E-state index contributed by atoms with van der Waals surface area (Å²) in [5.41, 5.74) is 7.89. The molecule has 0 radical (unpaired) electrons. The monoisotopic (exact) mass is 246 g/mol. The average molecular weight is 246 g/mol. The molecule has 0 saturated carbocycles. The van der Waals surface area contributed by atoms with E-state index in [2.05, 4.69) is 24.1 Å². The Labute approximate surface area is 110 Å². The van der Waals surface area contributed by atoms with Crippen molar-refractivity contribution in [2.24, 2.45) is 5.73 Å². The first-order valence-electron chi connectivity index (χ1n) is 6.05. The van der Waals surface area contributed by atoms with Crippen molar-refractivity contribution in [1.29, 1.82) is 0 Å². The van der Waals surface area contributed by atoms with Crippen molar-refractivity contribution in [3.63, 3.8) is 0 Å². The fourth-order valence-corrected chi connectivity index (χ4v) is 1.88. The molecule has 98 valence electrons. The lowest BCUT2D eigenvalue weighted by molar-refractivity contribution is 0.326. The van der Waals surface area contributed by atoms with Crippen molar-refractivity contribution in [3.05, 3.63) is 54.6 Å². The van der Waals surface area contributed by atoms with E-state index in [1.165, 1.54) is 5.56 Å². The van der Waals surface area contributed by atoms with Crippen LogP contribution in [0.2, 0.25) is 0 Å². The van der Waals surface area contributed by atoms with Crippen LogP contribution in [0.4, 0.5) is 0 Å². The van der Waals surface area contributed by atoms with Gasteiger partial charge in [0.25, 0.3) is 0 Å². The van der Waals surface area contributed by atoms with Crippen molar-refractivity contribution >= 4 is 0 Å². The first-order valence-corrected chi connectivity index (χ1v) is 6.05. The zero-order chi connectivity index (χ0) is 13.4. The van der Waals surface area contributed by atoms with Crippen LogP contribution in [0.5, 0.6) is 5.75 Å². The molecule has 0 aliphatic carbocycles. The molecule has 0 heterocycles. The van der Waals surface area contributed by atoms with Gasteiger partial charge in [-0.05, 0) is 11.6 Å². The van der Waals surface area contributed by atoms with Gasteiger partial charge in [-0.1, -0.05) is 24.3 Å². The van der Waals surface area contributed by atoms with Crippen LogP contribution in [-0.2, 0) is 13.1 Å². The molecule has 0 saturated heterocycles. The number of benzene rings is 1. The quantitative estimate of drug-likeness (QED) is 0.715. The van der Waals surface area contributed by atoms with E-state index in [0.717, 1.165) is 30.9 Å².